The number of amidine groups is 1. The second-order valence-corrected chi connectivity index (χ2v) is 7.99. The maximum absolute atomic E-state index is 11.8. The van der Waals surface area contributed by atoms with E-state index in [1.54, 1.807) is 0 Å². The Bertz CT molecular complexity index is 1080. The Labute approximate surface area is 192 Å². The Morgan fingerprint density at radius 3 is 2.81 bits per heavy atom. The number of nitrogens with one attached hydrogen (secondary N) is 1. The van der Waals surface area contributed by atoms with Crippen LogP contribution in [0, 0.1) is 0 Å². The van der Waals surface area contributed by atoms with Crippen molar-refractivity contribution in [3.8, 4) is 5.75 Å². The summed E-state index contributed by atoms with van der Waals surface area (Å²) in [5.74, 6) is -0.403. The van der Waals surface area contributed by atoms with E-state index in [0.717, 1.165) is 27.9 Å². The van der Waals surface area contributed by atoms with Gasteiger partial charge in [0.1, 0.15) is 12.4 Å². The van der Waals surface area contributed by atoms with Crippen molar-refractivity contribution in [3.63, 3.8) is 0 Å². The van der Waals surface area contributed by atoms with Gasteiger partial charge in [-0.2, -0.15) is 5.10 Å². The third-order valence-corrected chi connectivity index (χ3v) is 5.26. The van der Waals surface area contributed by atoms with Crippen molar-refractivity contribution >= 4 is 57.0 Å². The number of benzene rings is 2. The molecule has 31 heavy (non-hydrogen) atoms. The van der Waals surface area contributed by atoms with E-state index >= 15 is 0 Å². The maximum Gasteiger partial charge on any atom is 0.331 e. The molecular formula is C22H18BrN3O4S. The first-order valence-corrected chi connectivity index (χ1v) is 10.7. The number of carbonyl (C=O) groups is 2. The second-order valence-electron chi connectivity index (χ2n) is 6.04. The number of rotatable bonds is 7. The van der Waals surface area contributed by atoms with Gasteiger partial charge in [-0.25, -0.2) is 4.79 Å². The summed E-state index contributed by atoms with van der Waals surface area (Å²) in [4.78, 5) is 23.3. The van der Waals surface area contributed by atoms with Crippen molar-refractivity contribution in [2.45, 2.75) is 0 Å². The number of halogens is 1. The zero-order valence-electron chi connectivity index (χ0n) is 16.4. The van der Waals surface area contributed by atoms with Gasteiger partial charge in [-0.15, -0.1) is 5.10 Å². The molecule has 158 valence electrons. The van der Waals surface area contributed by atoms with Crippen molar-refractivity contribution in [3.05, 3.63) is 81.2 Å². The number of nitrogens with zero attached hydrogens (tertiary/aromatic N) is 2. The summed E-state index contributed by atoms with van der Waals surface area (Å²) in [5, 5.41) is 10.8. The van der Waals surface area contributed by atoms with Gasteiger partial charge < -0.3 is 9.47 Å². The predicted octanol–water partition coefficient (Wildman–Crippen LogP) is 4.15. The fourth-order valence-corrected chi connectivity index (χ4v) is 3.54. The van der Waals surface area contributed by atoms with Gasteiger partial charge in [0.2, 0.25) is 0 Å². The molecule has 1 saturated heterocycles. The average molecular weight is 500 g/mol. The van der Waals surface area contributed by atoms with Gasteiger partial charge in [-0.1, -0.05) is 52.3 Å². The minimum Gasteiger partial charge on any atom is -0.489 e. The summed E-state index contributed by atoms with van der Waals surface area (Å²) in [7, 11) is 1.24. The molecule has 1 aliphatic rings. The summed E-state index contributed by atoms with van der Waals surface area (Å²) in [6.45, 7) is 0.388. The van der Waals surface area contributed by atoms with E-state index < -0.39 is 11.9 Å². The molecule has 1 amide bonds. The molecule has 0 radical (unpaired) electrons. The molecule has 0 unspecified atom stereocenters. The standard InChI is InChI=1S/C22H18BrN3O4S/c1-29-20(27)13-19-21(28)25-22(31-19)26-24-14-16-12-17(23)9-10-18(16)30-11-5-8-15-6-3-2-4-7-15/h2-10,12-14H,11H2,1H3,(H,25,26,28)/b8-5?,19-13+,24-14?. The lowest BCUT2D eigenvalue weighted by Crippen LogP contribution is -2.19. The summed E-state index contributed by atoms with van der Waals surface area (Å²) < 4.78 is 11.2. The molecule has 0 atom stereocenters. The van der Waals surface area contributed by atoms with Crippen LogP contribution >= 0.6 is 27.7 Å². The highest BCUT2D eigenvalue weighted by Crippen LogP contribution is 2.24. The molecule has 0 spiro atoms. The van der Waals surface area contributed by atoms with Gasteiger partial charge in [0.25, 0.3) is 5.91 Å². The maximum atomic E-state index is 11.8. The van der Waals surface area contributed by atoms with Crippen LogP contribution in [0.5, 0.6) is 5.75 Å². The fourth-order valence-electron chi connectivity index (χ4n) is 2.42. The van der Waals surface area contributed by atoms with Crippen LogP contribution in [-0.4, -0.2) is 37.0 Å². The highest BCUT2D eigenvalue weighted by atomic mass is 79.9. The molecule has 0 aliphatic carbocycles. The van der Waals surface area contributed by atoms with Gasteiger partial charge >= 0.3 is 5.97 Å². The number of hydrogen-bond acceptors (Lipinski definition) is 7. The summed E-state index contributed by atoms with van der Waals surface area (Å²) >= 11 is 4.44. The van der Waals surface area contributed by atoms with Crippen LogP contribution < -0.4 is 10.1 Å². The quantitative estimate of drug-likeness (QED) is 0.267. The number of hydrogen-bond donors (Lipinski definition) is 1. The number of ether oxygens (including phenoxy) is 2. The third kappa shape index (κ3) is 6.94. The SMILES string of the molecule is COC(=O)/C=C1/S/C(=N\N=Cc2cc(Br)ccc2OCC=Cc2ccccc2)NC1=O. The molecule has 2 aromatic carbocycles. The van der Waals surface area contributed by atoms with Crippen LogP contribution in [0.4, 0.5) is 0 Å². The van der Waals surface area contributed by atoms with E-state index in [-0.39, 0.29) is 10.1 Å². The topological polar surface area (TPSA) is 89.3 Å². The molecule has 2 aromatic rings. The smallest absolute Gasteiger partial charge is 0.331 e. The van der Waals surface area contributed by atoms with Gasteiger partial charge in [0.05, 0.1) is 18.2 Å². The Morgan fingerprint density at radius 2 is 2.03 bits per heavy atom. The van der Waals surface area contributed by atoms with Crippen LogP contribution in [0.3, 0.4) is 0 Å². The zero-order chi connectivity index (χ0) is 22.1. The van der Waals surface area contributed by atoms with E-state index in [4.69, 9.17) is 4.74 Å². The molecule has 1 fully saturated rings. The summed E-state index contributed by atoms with van der Waals surface area (Å²) in [6.07, 6.45) is 6.55. The van der Waals surface area contributed by atoms with Gasteiger partial charge in [-0.3, -0.25) is 10.1 Å². The van der Waals surface area contributed by atoms with Crippen LogP contribution in [0.1, 0.15) is 11.1 Å². The van der Waals surface area contributed by atoms with Crippen molar-refractivity contribution in [2.24, 2.45) is 10.2 Å². The molecular weight excluding hydrogens is 482 g/mol. The lowest BCUT2D eigenvalue weighted by Gasteiger charge is -2.07. The second kappa shape index (κ2) is 11.3. The van der Waals surface area contributed by atoms with Crippen LogP contribution in [0.2, 0.25) is 0 Å². The normalized spacial score (nSPS) is 16.4. The number of esters is 1. The minimum atomic E-state index is -0.611. The van der Waals surface area contributed by atoms with Crippen molar-refractivity contribution in [2.75, 3.05) is 13.7 Å². The van der Waals surface area contributed by atoms with E-state index in [2.05, 4.69) is 36.2 Å². The van der Waals surface area contributed by atoms with Crippen molar-refractivity contribution in [1.29, 1.82) is 0 Å². The Hall–Kier alpha value is -3.17. The average Bonchev–Trinajstić information content (AvgIpc) is 3.12. The van der Waals surface area contributed by atoms with E-state index in [1.165, 1.54) is 13.3 Å². The zero-order valence-corrected chi connectivity index (χ0v) is 18.9. The lowest BCUT2D eigenvalue weighted by molar-refractivity contribution is -0.135. The molecule has 0 bridgehead atoms. The van der Waals surface area contributed by atoms with Gasteiger partial charge in [0, 0.05) is 16.1 Å². The minimum absolute atomic E-state index is 0.192. The number of thioether (sulfide) groups is 1. The molecule has 0 saturated carbocycles. The van der Waals surface area contributed by atoms with Crippen LogP contribution in [0.25, 0.3) is 6.08 Å². The van der Waals surface area contributed by atoms with E-state index in [0.29, 0.717) is 17.9 Å². The molecule has 1 aliphatic heterocycles. The number of amides is 1. The summed E-state index contributed by atoms with van der Waals surface area (Å²) in [6, 6.07) is 15.5. The third-order valence-electron chi connectivity index (χ3n) is 3.86. The predicted molar refractivity (Wildman–Crippen MR) is 126 cm³/mol. The first kappa shape index (κ1) is 22.5. The first-order valence-electron chi connectivity index (χ1n) is 9.09. The van der Waals surface area contributed by atoms with E-state index in [1.807, 2.05) is 60.7 Å². The number of methoxy groups -OCH3 is 1. The Kier molecular flexibility index (Phi) is 8.19. The lowest BCUT2D eigenvalue weighted by atomic mass is 10.2. The molecule has 0 aromatic heterocycles. The molecule has 1 heterocycles. The van der Waals surface area contributed by atoms with Crippen LogP contribution in [0.15, 0.2) is 80.3 Å². The first-order chi connectivity index (χ1) is 15.0. The van der Waals surface area contributed by atoms with Crippen molar-refractivity contribution in [1.82, 2.24) is 5.32 Å². The molecule has 7 nitrogen and oxygen atoms in total. The summed E-state index contributed by atoms with van der Waals surface area (Å²) in [5.41, 5.74) is 1.81. The van der Waals surface area contributed by atoms with Gasteiger partial charge in [-0.05, 0) is 41.6 Å². The fraction of sp³-hybridized carbons (Fsp3) is 0.0909. The largest absolute Gasteiger partial charge is 0.489 e. The Morgan fingerprint density at radius 1 is 1.23 bits per heavy atom. The van der Waals surface area contributed by atoms with Crippen molar-refractivity contribution < 1.29 is 19.1 Å². The van der Waals surface area contributed by atoms with Crippen LogP contribution in [-0.2, 0) is 14.3 Å². The Balaban J connectivity index is 1.65. The number of carbonyl (C=O) groups excluding carboxylic acids is 2. The molecule has 9 heteroatoms. The monoisotopic (exact) mass is 499 g/mol. The highest BCUT2D eigenvalue weighted by Gasteiger charge is 2.25. The molecule has 3 rings (SSSR count). The van der Waals surface area contributed by atoms with E-state index in [9.17, 15) is 9.59 Å². The molecule has 1 N–H and O–H groups in total. The van der Waals surface area contributed by atoms with Gasteiger partial charge in [0.15, 0.2) is 5.17 Å². The highest BCUT2D eigenvalue weighted by molar-refractivity contribution is 9.10.